The van der Waals surface area contributed by atoms with Crippen molar-refractivity contribution in [1.29, 1.82) is 0 Å². The second kappa shape index (κ2) is 11.3. The zero-order chi connectivity index (χ0) is 12.2. The van der Waals surface area contributed by atoms with Gasteiger partial charge < -0.3 is 4.74 Å². The summed E-state index contributed by atoms with van der Waals surface area (Å²) in [5, 5.41) is 0.319. The lowest BCUT2D eigenvalue weighted by Crippen LogP contribution is -1.99. The molecule has 1 atom stereocenters. The molecule has 0 aliphatic carbocycles. The first kappa shape index (κ1) is 15.8. The maximum absolute atomic E-state index is 10.8. The number of hydrogen-bond acceptors (Lipinski definition) is 2. The maximum atomic E-state index is 10.8. The first-order valence-corrected chi connectivity index (χ1v) is 6.81. The Morgan fingerprint density at radius 3 is 2.06 bits per heavy atom. The fraction of sp³-hybridized carbons (Fsp3) is 0.923. The van der Waals surface area contributed by atoms with E-state index < -0.39 is 0 Å². The van der Waals surface area contributed by atoms with Crippen molar-refractivity contribution in [2.75, 3.05) is 7.11 Å². The van der Waals surface area contributed by atoms with Gasteiger partial charge in [-0.3, -0.25) is 4.79 Å². The second-order valence-corrected chi connectivity index (χ2v) is 5.12. The molecule has 1 unspecified atom stereocenters. The van der Waals surface area contributed by atoms with E-state index in [4.69, 9.17) is 11.6 Å². The second-order valence-electron chi connectivity index (χ2n) is 4.37. The number of hydrogen-bond donors (Lipinski definition) is 0. The fourth-order valence-electron chi connectivity index (χ4n) is 1.68. The largest absolute Gasteiger partial charge is 0.469 e. The van der Waals surface area contributed by atoms with Crippen LogP contribution in [0.2, 0.25) is 0 Å². The molecule has 16 heavy (non-hydrogen) atoms. The minimum atomic E-state index is -0.0869. The van der Waals surface area contributed by atoms with E-state index in [0.717, 1.165) is 19.3 Å². The van der Waals surface area contributed by atoms with E-state index in [1.54, 1.807) is 0 Å². The molecule has 2 nitrogen and oxygen atoms in total. The van der Waals surface area contributed by atoms with Gasteiger partial charge in [0, 0.05) is 11.8 Å². The predicted octanol–water partition coefficient (Wildman–Crippen LogP) is 4.30. The third-order valence-corrected chi connectivity index (χ3v) is 2.93. The molecule has 0 aliphatic rings. The summed E-state index contributed by atoms with van der Waals surface area (Å²) in [6.45, 7) is 2.05. The van der Waals surface area contributed by atoms with E-state index in [1.807, 2.05) is 6.92 Å². The highest BCUT2D eigenvalue weighted by Crippen LogP contribution is 2.12. The normalized spacial score (nSPS) is 12.4. The Hall–Kier alpha value is -0.240. The number of halogens is 1. The minimum absolute atomic E-state index is 0.0869. The summed E-state index contributed by atoms with van der Waals surface area (Å²) in [7, 11) is 1.44. The van der Waals surface area contributed by atoms with Crippen molar-refractivity contribution in [3.05, 3.63) is 0 Å². The molecule has 0 amide bonds. The van der Waals surface area contributed by atoms with Gasteiger partial charge in [-0.05, 0) is 19.8 Å². The van der Waals surface area contributed by atoms with Crippen LogP contribution in [0.1, 0.15) is 64.7 Å². The number of methoxy groups -OCH3 is 1. The van der Waals surface area contributed by atoms with Crippen molar-refractivity contribution in [1.82, 2.24) is 0 Å². The SMILES string of the molecule is COC(=O)CCCCCCCCCC(C)Cl. The summed E-state index contributed by atoms with van der Waals surface area (Å²) in [6, 6.07) is 0. The number of ether oxygens (including phenoxy) is 1. The highest BCUT2D eigenvalue weighted by molar-refractivity contribution is 6.20. The van der Waals surface area contributed by atoms with Crippen molar-refractivity contribution in [3.8, 4) is 0 Å². The summed E-state index contributed by atoms with van der Waals surface area (Å²) in [5.41, 5.74) is 0. The zero-order valence-corrected chi connectivity index (χ0v) is 11.4. The van der Waals surface area contributed by atoms with Crippen molar-refractivity contribution in [3.63, 3.8) is 0 Å². The minimum Gasteiger partial charge on any atom is -0.469 e. The van der Waals surface area contributed by atoms with Crippen LogP contribution in [0.5, 0.6) is 0 Å². The zero-order valence-electron chi connectivity index (χ0n) is 10.6. The molecule has 96 valence electrons. The van der Waals surface area contributed by atoms with Gasteiger partial charge in [0.25, 0.3) is 0 Å². The van der Waals surface area contributed by atoms with Crippen LogP contribution >= 0.6 is 11.6 Å². The highest BCUT2D eigenvalue weighted by atomic mass is 35.5. The van der Waals surface area contributed by atoms with E-state index in [0.29, 0.717) is 11.8 Å². The van der Waals surface area contributed by atoms with E-state index in [2.05, 4.69) is 4.74 Å². The molecule has 3 heteroatoms. The summed E-state index contributed by atoms with van der Waals surface area (Å²) in [6.07, 6.45) is 10.1. The summed E-state index contributed by atoms with van der Waals surface area (Å²) in [5.74, 6) is -0.0869. The molecular weight excluding hydrogens is 224 g/mol. The number of esters is 1. The Balaban J connectivity index is 3.01. The number of rotatable bonds is 10. The van der Waals surface area contributed by atoms with Crippen molar-refractivity contribution in [2.45, 2.75) is 70.1 Å². The van der Waals surface area contributed by atoms with Gasteiger partial charge >= 0.3 is 5.97 Å². The number of carbonyl (C=O) groups excluding carboxylic acids is 1. The molecule has 0 N–H and O–H groups in total. The topological polar surface area (TPSA) is 26.3 Å². The van der Waals surface area contributed by atoms with Gasteiger partial charge in [0.1, 0.15) is 0 Å². The van der Waals surface area contributed by atoms with Crippen LogP contribution in [0.15, 0.2) is 0 Å². The molecule has 0 aliphatic heterocycles. The van der Waals surface area contributed by atoms with Crippen LogP contribution < -0.4 is 0 Å². The fourth-order valence-corrected chi connectivity index (χ4v) is 1.84. The third kappa shape index (κ3) is 11.8. The predicted molar refractivity (Wildman–Crippen MR) is 68.9 cm³/mol. The van der Waals surface area contributed by atoms with E-state index in [-0.39, 0.29) is 5.97 Å². The lowest BCUT2D eigenvalue weighted by atomic mass is 10.1. The van der Waals surface area contributed by atoms with Gasteiger partial charge in [0.15, 0.2) is 0 Å². The molecular formula is C13H25ClO2. The molecule has 0 fully saturated rings. The Morgan fingerprint density at radius 2 is 1.56 bits per heavy atom. The smallest absolute Gasteiger partial charge is 0.305 e. The molecule has 0 saturated carbocycles. The molecule has 0 heterocycles. The Bertz CT molecular complexity index is 169. The van der Waals surface area contributed by atoms with Gasteiger partial charge in [-0.15, -0.1) is 11.6 Å². The summed E-state index contributed by atoms with van der Waals surface area (Å²) >= 11 is 5.86. The van der Waals surface area contributed by atoms with Gasteiger partial charge in [-0.2, -0.15) is 0 Å². The number of alkyl halides is 1. The quantitative estimate of drug-likeness (QED) is 0.327. The first-order valence-electron chi connectivity index (χ1n) is 6.37. The van der Waals surface area contributed by atoms with Crippen molar-refractivity contribution < 1.29 is 9.53 Å². The van der Waals surface area contributed by atoms with Crippen LogP contribution in [0.3, 0.4) is 0 Å². The molecule has 0 rings (SSSR count). The maximum Gasteiger partial charge on any atom is 0.305 e. The van der Waals surface area contributed by atoms with Crippen LogP contribution in [0, 0.1) is 0 Å². The lowest BCUT2D eigenvalue weighted by Gasteiger charge is -2.03. The molecule has 0 radical (unpaired) electrons. The van der Waals surface area contributed by atoms with E-state index >= 15 is 0 Å². The van der Waals surface area contributed by atoms with E-state index in [9.17, 15) is 4.79 Å². The molecule has 0 saturated heterocycles. The van der Waals surface area contributed by atoms with Gasteiger partial charge in [-0.25, -0.2) is 0 Å². The summed E-state index contributed by atoms with van der Waals surface area (Å²) < 4.78 is 4.58. The Kier molecular flexibility index (Phi) is 11.1. The number of unbranched alkanes of at least 4 members (excludes halogenated alkanes) is 6. The van der Waals surface area contributed by atoms with Gasteiger partial charge in [-0.1, -0.05) is 38.5 Å². The molecule has 0 aromatic carbocycles. The van der Waals surface area contributed by atoms with Crippen LogP contribution in [0.25, 0.3) is 0 Å². The van der Waals surface area contributed by atoms with Crippen LogP contribution in [0.4, 0.5) is 0 Å². The first-order chi connectivity index (χ1) is 7.66. The average Bonchev–Trinajstić information content (AvgIpc) is 2.26. The van der Waals surface area contributed by atoms with Crippen LogP contribution in [-0.4, -0.2) is 18.5 Å². The molecule has 0 spiro atoms. The molecule has 0 aromatic heterocycles. The Labute approximate surface area is 105 Å². The van der Waals surface area contributed by atoms with Crippen molar-refractivity contribution in [2.24, 2.45) is 0 Å². The van der Waals surface area contributed by atoms with Gasteiger partial charge in [0.05, 0.1) is 7.11 Å². The highest BCUT2D eigenvalue weighted by Gasteiger charge is 1.99. The standard InChI is InChI=1S/C13H25ClO2/c1-12(14)10-8-6-4-3-5-7-9-11-13(15)16-2/h12H,3-11H2,1-2H3. The van der Waals surface area contributed by atoms with Crippen molar-refractivity contribution >= 4 is 17.6 Å². The average molecular weight is 249 g/mol. The van der Waals surface area contributed by atoms with E-state index in [1.165, 1.54) is 39.2 Å². The Morgan fingerprint density at radius 1 is 1.06 bits per heavy atom. The summed E-state index contributed by atoms with van der Waals surface area (Å²) in [4.78, 5) is 10.8. The molecule has 0 aromatic rings. The monoisotopic (exact) mass is 248 g/mol. The number of carbonyl (C=O) groups is 1. The lowest BCUT2D eigenvalue weighted by molar-refractivity contribution is -0.140. The third-order valence-electron chi connectivity index (χ3n) is 2.71. The molecule has 0 bridgehead atoms. The van der Waals surface area contributed by atoms with Crippen LogP contribution in [-0.2, 0) is 9.53 Å². The van der Waals surface area contributed by atoms with Gasteiger partial charge in [0.2, 0.25) is 0 Å².